The summed E-state index contributed by atoms with van der Waals surface area (Å²) in [6.07, 6.45) is 0.888. The summed E-state index contributed by atoms with van der Waals surface area (Å²) in [6.45, 7) is 2.44. The van der Waals surface area contributed by atoms with Crippen LogP contribution in [0.2, 0.25) is 0 Å². The van der Waals surface area contributed by atoms with Gasteiger partial charge in [-0.3, -0.25) is 14.4 Å². The molecule has 1 aromatic carbocycles. The summed E-state index contributed by atoms with van der Waals surface area (Å²) in [7, 11) is 0. The van der Waals surface area contributed by atoms with Crippen LogP contribution in [0.4, 0.5) is 0 Å². The normalized spacial score (nSPS) is 23.1. The van der Waals surface area contributed by atoms with Crippen molar-refractivity contribution in [2.45, 2.75) is 32.2 Å². The van der Waals surface area contributed by atoms with E-state index in [0.29, 0.717) is 5.56 Å². The smallest absolute Gasteiger partial charge is 0.303 e. The summed E-state index contributed by atoms with van der Waals surface area (Å²) >= 11 is 0. The Bertz CT molecular complexity index is 607. The van der Waals surface area contributed by atoms with E-state index in [1.54, 1.807) is 36.4 Å². The summed E-state index contributed by atoms with van der Waals surface area (Å²) in [4.78, 5) is 34.5. The lowest BCUT2D eigenvalue weighted by molar-refractivity contribution is -0.161. The van der Waals surface area contributed by atoms with Crippen molar-refractivity contribution < 1.29 is 28.6 Å². The number of ketones is 1. The molecule has 0 spiro atoms. The van der Waals surface area contributed by atoms with E-state index < -0.39 is 30.3 Å². The Kier molecular flexibility index (Phi) is 5.65. The Morgan fingerprint density at radius 3 is 2.35 bits per heavy atom. The SMILES string of the molecule is CC(=O)OC[C@H]1O[C@@H](C(=O)c2ccccc2)C=C[C@@H]1OC(C)=O. The van der Waals surface area contributed by atoms with Crippen molar-refractivity contribution >= 4 is 17.7 Å². The van der Waals surface area contributed by atoms with Gasteiger partial charge in [-0.15, -0.1) is 0 Å². The molecule has 0 fully saturated rings. The van der Waals surface area contributed by atoms with E-state index in [2.05, 4.69) is 0 Å². The van der Waals surface area contributed by atoms with Gasteiger partial charge in [-0.1, -0.05) is 30.3 Å². The maximum atomic E-state index is 12.4. The fourth-order valence-corrected chi connectivity index (χ4v) is 2.20. The standard InChI is InChI=1S/C17H18O6/c1-11(18)21-10-16-14(22-12(2)19)8-9-15(23-16)17(20)13-6-4-3-5-7-13/h3-9,14-16H,10H2,1-2H3/t14-,15+,16+/m0/s1. The van der Waals surface area contributed by atoms with Crippen LogP contribution in [0, 0.1) is 0 Å². The lowest BCUT2D eigenvalue weighted by Gasteiger charge is -2.30. The number of hydrogen-bond acceptors (Lipinski definition) is 6. The van der Waals surface area contributed by atoms with Gasteiger partial charge in [-0.2, -0.15) is 0 Å². The van der Waals surface area contributed by atoms with Crippen LogP contribution < -0.4 is 0 Å². The van der Waals surface area contributed by atoms with Crippen molar-refractivity contribution in [2.75, 3.05) is 6.61 Å². The average Bonchev–Trinajstić information content (AvgIpc) is 2.53. The largest absolute Gasteiger partial charge is 0.463 e. The molecule has 0 aliphatic carbocycles. The van der Waals surface area contributed by atoms with Crippen LogP contribution in [-0.2, 0) is 23.8 Å². The van der Waals surface area contributed by atoms with Crippen LogP contribution in [0.5, 0.6) is 0 Å². The molecule has 1 aliphatic rings. The van der Waals surface area contributed by atoms with E-state index in [-0.39, 0.29) is 12.4 Å². The van der Waals surface area contributed by atoms with Crippen molar-refractivity contribution in [1.82, 2.24) is 0 Å². The predicted molar refractivity (Wildman–Crippen MR) is 80.8 cm³/mol. The summed E-state index contributed by atoms with van der Waals surface area (Å²) in [5.41, 5.74) is 0.513. The molecule has 6 nitrogen and oxygen atoms in total. The molecule has 0 saturated heterocycles. The first-order valence-corrected chi connectivity index (χ1v) is 7.21. The van der Waals surface area contributed by atoms with Crippen molar-refractivity contribution in [3.8, 4) is 0 Å². The Morgan fingerprint density at radius 2 is 1.74 bits per heavy atom. The number of hydrogen-bond donors (Lipinski definition) is 0. The Balaban J connectivity index is 2.13. The molecular weight excluding hydrogens is 300 g/mol. The molecule has 1 heterocycles. The van der Waals surface area contributed by atoms with Gasteiger partial charge < -0.3 is 14.2 Å². The number of benzene rings is 1. The highest BCUT2D eigenvalue weighted by molar-refractivity contribution is 6.00. The second-order valence-corrected chi connectivity index (χ2v) is 5.09. The van der Waals surface area contributed by atoms with Gasteiger partial charge in [-0.25, -0.2) is 0 Å². The summed E-state index contributed by atoms with van der Waals surface area (Å²) in [6, 6.07) is 8.72. The van der Waals surface area contributed by atoms with Crippen LogP contribution in [0.25, 0.3) is 0 Å². The molecule has 0 N–H and O–H groups in total. The molecule has 0 saturated carbocycles. The molecule has 122 valence electrons. The molecule has 3 atom stereocenters. The molecule has 2 rings (SSSR count). The van der Waals surface area contributed by atoms with E-state index in [0.717, 1.165) is 0 Å². The zero-order valence-electron chi connectivity index (χ0n) is 12.9. The Morgan fingerprint density at radius 1 is 1.04 bits per heavy atom. The number of carbonyl (C=O) groups excluding carboxylic acids is 3. The minimum Gasteiger partial charge on any atom is -0.463 e. The average molecular weight is 318 g/mol. The number of rotatable bonds is 5. The van der Waals surface area contributed by atoms with Gasteiger partial charge in [0.25, 0.3) is 0 Å². The van der Waals surface area contributed by atoms with E-state index in [1.165, 1.54) is 13.8 Å². The summed E-state index contributed by atoms with van der Waals surface area (Å²) in [5, 5.41) is 0. The highest BCUT2D eigenvalue weighted by Gasteiger charge is 2.33. The number of carbonyl (C=O) groups is 3. The first kappa shape index (κ1) is 16.9. The maximum Gasteiger partial charge on any atom is 0.303 e. The maximum absolute atomic E-state index is 12.4. The number of Topliss-reactive ketones (excluding diaryl/α,β-unsaturated/α-hetero) is 1. The summed E-state index contributed by atoms with van der Waals surface area (Å²) in [5.74, 6) is -1.17. The van der Waals surface area contributed by atoms with Crippen molar-refractivity contribution in [3.63, 3.8) is 0 Å². The van der Waals surface area contributed by atoms with Gasteiger partial charge >= 0.3 is 11.9 Å². The second-order valence-electron chi connectivity index (χ2n) is 5.09. The molecule has 1 aliphatic heterocycles. The third kappa shape index (κ3) is 4.75. The first-order valence-electron chi connectivity index (χ1n) is 7.21. The number of ether oxygens (including phenoxy) is 3. The molecular formula is C17H18O6. The monoisotopic (exact) mass is 318 g/mol. The van der Waals surface area contributed by atoms with Crippen LogP contribution in [0.3, 0.4) is 0 Å². The minimum atomic E-state index is -0.815. The quantitative estimate of drug-likeness (QED) is 0.467. The van der Waals surface area contributed by atoms with Crippen molar-refractivity contribution in [3.05, 3.63) is 48.0 Å². The molecule has 1 aromatic rings. The van der Waals surface area contributed by atoms with Gasteiger partial charge in [0.2, 0.25) is 0 Å². The minimum absolute atomic E-state index is 0.101. The molecule has 0 bridgehead atoms. The summed E-state index contributed by atoms with van der Waals surface area (Å²) < 4.78 is 15.7. The highest BCUT2D eigenvalue weighted by atomic mass is 16.6. The lowest BCUT2D eigenvalue weighted by Crippen LogP contribution is -2.43. The Hall–Kier alpha value is -2.47. The zero-order chi connectivity index (χ0) is 16.8. The van der Waals surface area contributed by atoms with Crippen molar-refractivity contribution in [2.24, 2.45) is 0 Å². The van der Waals surface area contributed by atoms with E-state index in [4.69, 9.17) is 14.2 Å². The van der Waals surface area contributed by atoms with Crippen LogP contribution >= 0.6 is 0 Å². The Labute approximate surface area is 134 Å². The van der Waals surface area contributed by atoms with E-state index in [1.807, 2.05) is 6.07 Å². The van der Waals surface area contributed by atoms with Gasteiger partial charge in [0.05, 0.1) is 0 Å². The predicted octanol–water partition coefficient (Wildman–Crippen LogP) is 1.69. The third-order valence-corrected chi connectivity index (χ3v) is 3.23. The fourth-order valence-electron chi connectivity index (χ4n) is 2.20. The topological polar surface area (TPSA) is 78.9 Å². The fraction of sp³-hybridized carbons (Fsp3) is 0.353. The molecule has 23 heavy (non-hydrogen) atoms. The molecule has 0 radical (unpaired) electrons. The zero-order valence-corrected chi connectivity index (χ0v) is 12.9. The van der Waals surface area contributed by atoms with E-state index in [9.17, 15) is 14.4 Å². The molecule has 0 aromatic heterocycles. The van der Waals surface area contributed by atoms with E-state index >= 15 is 0 Å². The van der Waals surface area contributed by atoms with Crippen LogP contribution in [0.1, 0.15) is 24.2 Å². The van der Waals surface area contributed by atoms with Crippen LogP contribution in [0.15, 0.2) is 42.5 Å². The van der Waals surface area contributed by atoms with Gasteiger partial charge in [0.15, 0.2) is 5.78 Å². The highest BCUT2D eigenvalue weighted by Crippen LogP contribution is 2.20. The second kappa shape index (κ2) is 7.69. The number of esters is 2. The van der Waals surface area contributed by atoms with Crippen LogP contribution in [-0.4, -0.2) is 42.6 Å². The molecule has 0 unspecified atom stereocenters. The van der Waals surface area contributed by atoms with Crippen molar-refractivity contribution in [1.29, 1.82) is 0 Å². The first-order chi connectivity index (χ1) is 11.0. The van der Waals surface area contributed by atoms with Gasteiger partial charge in [-0.05, 0) is 12.2 Å². The van der Waals surface area contributed by atoms with Gasteiger partial charge in [0.1, 0.15) is 24.9 Å². The molecule has 0 amide bonds. The third-order valence-electron chi connectivity index (χ3n) is 3.23. The molecule has 6 heteroatoms. The lowest BCUT2D eigenvalue weighted by atomic mass is 10.0. The van der Waals surface area contributed by atoms with Gasteiger partial charge in [0, 0.05) is 19.4 Å².